The predicted octanol–water partition coefficient (Wildman–Crippen LogP) is 4.41. The zero-order valence-electron chi connectivity index (χ0n) is 18.3. The summed E-state index contributed by atoms with van der Waals surface area (Å²) in [6, 6.07) is 3.03. The van der Waals surface area contributed by atoms with E-state index in [-0.39, 0.29) is 27.9 Å². The van der Waals surface area contributed by atoms with Crippen LogP contribution in [0.25, 0.3) is 0 Å². The van der Waals surface area contributed by atoms with Crippen molar-refractivity contribution in [3.05, 3.63) is 63.3 Å². The van der Waals surface area contributed by atoms with Crippen LogP contribution in [0.5, 0.6) is 5.75 Å². The number of aryl methyl sites for hydroxylation is 2. The first kappa shape index (κ1) is 25.4. The molecular weight excluding hydrogens is 434 g/mol. The molecule has 32 heavy (non-hydrogen) atoms. The van der Waals surface area contributed by atoms with Crippen molar-refractivity contribution >= 4 is 6.16 Å². The van der Waals surface area contributed by atoms with E-state index >= 15 is 0 Å². The van der Waals surface area contributed by atoms with E-state index < -0.39 is 42.1 Å². The zero-order chi connectivity index (χ0) is 24.5. The third kappa shape index (κ3) is 5.48. The number of hydrogen-bond donors (Lipinski definition) is 1. The molecule has 1 unspecified atom stereocenters. The standard InChI is InChI=1S/C22H25F4NO5/c1-13-9-27(10-14(2)18(13)28)12-21(30,22(24,25)26)11-20(3,4)16-8-15(23)6-7-17(16)32-19(29)31-5/h6-10,30H,11-12H2,1-5H3. The lowest BCUT2D eigenvalue weighted by atomic mass is 9.74. The van der Waals surface area contributed by atoms with Crippen LogP contribution in [0.15, 0.2) is 35.4 Å². The van der Waals surface area contributed by atoms with Gasteiger partial charge >= 0.3 is 12.3 Å². The number of halogens is 4. The molecule has 0 aliphatic rings. The second-order valence-electron chi connectivity index (χ2n) is 8.41. The lowest BCUT2D eigenvalue weighted by Crippen LogP contribution is -2.52. The number of aliphatic hydroxyl groups is 1. The minimum Gasteiger partial charge on any atom is -0.437 e. The summed E-state index contributed by atoms with van der Waals surface area (Å²) in [7, 11) is 1.05. The van der Waals surface area contributed by atoms with Crippen molar-refractivity contribution in [1.82, 2.24) is 4.57 Å². The molecule has 2 aromatic rings. The van der Waals surface area contributed by atoms with Crippen molar-refractivity contribution in [3.63, 3.8) is 0 Å². The minimum atomic E-state index is -5.06. The van der Waals surface area contributed by atoms with Crippen LogP contribution in [0.4, 0.5) is 22.4 Å². The Morgan fingerprint density at radius 2 is 1.69 bits per heavy atom. The fraction of sp³-hybridized carbons (Fsp3) is 0.455. The summed E-state index contributed by atoms with van der Waals surface area (Å²) in [5.41, 5.74) is -4.65. The molecule has 6 nitrogen and oxygen atoms in total. The smallest absolute Gasteiger partial charge is 0.437 e. The first-order valence-corrected chi connectivity index (χ1v) is 9.62. The van der Waals surface area contributed by atoms with Crippen molar-refractivity contribution in [3.8, 4) is 5.75 Å². The van der Waals surface area contributed by atoms with E-state index in [1.54, 1.807) is 0 Å². The van der Waals surface area contributed by atoms with Gasteiger partial charge in [0.15, 0.2) is 11.0 Å². The van der Waals surface area contributed by atoms with Gasteiger partial charge in [0.05, 0.1) is 13.7 Å². The number of alkyl halides is 3. The third-order valence-corrected chi connectivity index (χ3v) is 5.17. The number of methoxy groups -OCH3 is 1. The molecule has 0 aliphatic carbocycles. The molecule has 0 bridgehead atoms. The fourth-order valence-corrected chi connectivity index (χ4v) is 3.68. The summed E-state index contributed by atoms with van der Waals surface area (Å²) in [6.07, 6.45) is -4.63. The molecule has 0 spiro atoms. The Kier molecular flexibility index (Phi) is 7.08. The maximum Gasteiger partial charge on any atom is 0.513 e. The molecule has 0 radical (unpaired) electrons. The number of aromatic nitrogens is 1. The molecule has 10 heteroatoms. The molecule has 0 fully saturated rings. The molecule has 176 valence electrons. The summed E-state index contributed by atoms with van der Waals surface area (Å²) >= 11 is 0. The predicted molar refractivity (Wildman–Crippen MR) is 108 cm³/mol. The summed E-state index contributed by atoms with van der Waals surface area (Å²) < 4.78 is 66.6. The molecule has 1 heterocycles. The van der Waals surface area contributed by atoms with Crippen LogP contribution in [-0.4, -0.2) is 34.7 Å². The number of carbonyl (C=O) groups is 1. The van der Waals surface area contributed by atoms with Crippen LogP contribution in [-0.2, 0) is 16.7 Å². The van der Waals surface area contributed by atoms with Crippen molar-refractivity contribution in [2.45, 2.75) is 57.9 Å². The highest BCUT2D eigenvalue weighted by molar-refractivity contribution is 5.64. The Balaban J connectivity index is 2.52. The van der Waals surface area contributed by atoms with Crippen molar-refractivity contribution < 1.29 is 36.9 Å². The molecule has 0 saturated heterocycles. The van der Waals surface area contributed by atoms with Crippen LogP contribution in [0.2, 0.25) is 0 Å². The average molecular weight is 459 g/mol. The highest BCUT2D eigenvalue weighted by atomic mass is 19.4. The SMILES string of the molecule is COC(=O)Oc1ccc(F)cc1C(C)(C)CC(O)(Cn1cc(C)c(=O)c(C)c1)C(F)(F)F. The van der Waals surface area contributed by atoms with E-state index in [1.165, 1.54) is 40.1 Å². The van der Waals surface area contributed by atoms with Gasteiger partial charge in [0.2, 0.25) is 0 Å². The molecule has 0 aliphatic heterocycles. The second-order valence-corrected chi connectivity index (χ2v) is 8.41. The Hall–Kier alpha value is -2.88. The number of carbonyl (C=O) groups excluding carboxylic acids is 1. The lowest BCUT2D eigenvalue weighted by Gasteiger charge is -2.38. The second kappa shape index (κ2) is 8.93. The van der Waals surface area contributed by atoms with Crippen LogP contribution in [0.3, 0.4) is 0 Å². The van der Waals surface area contributed by atoms with Crippen LogP contribution in [0, 0.1) is 19.7 Å². The van der Waals surface area contributed by atoms with Crippen LogP contribution >= 0.6 is 0 Å². The minimum absolute atomic E-state index is 0.0576. The number of rotatable bonds is 6. The van der Waals surface area contributed by atoms with Crippen LogP contribution < -0.4 is 10.2 Å². The van der Waals surface area contributed by atoms with Gasteiger partial charge in [0.1, 0.15) is 11.6 Å². The molecule has 2 rings (SSSR count). The Labute approximate surface area is 182 Å². The number of pyridine rings is 1. The number of nitrogens with zero attached hydrogens (tertiary/aromatic N) is 1. The molecular formula is C22H25F4NO5. The highest BCUT2D eigenvalue weighted by Gasteiger charge is 2.56. The van der Waals surface area contributed by atoms with E-state index in [2.05, 4.69) is 4.74 Å². The van der Waals surface area contributed by atoms with Gasteiger partial charge in [0.25, 0.3) is 0 Å². The van der Waals surface area contributed by atoms with Crippen LogP contribution in [0.1, 0.15) is 37.0 Å². The number of ether oxygens (including phenoxy) is 2. The van der Waals surface area contributed by atoms with E-state index in [0.29, 0.717) is 0 Å². The van der Waals surface area contributed by atoms with Gasteiger partial charge in [-0.15, -0.1) is 0 Å². The van der Waals surface area contributed by atoms with E-state index in [9.17, 15) is 32.3 Å². The van der Waals surface area contributed by atoms with E-state index in [0.717, 1.165) is 29.9 Å². The van der Waals surface area contributed by atoms with Gasteiger partial charge in [0, 0.05) is 29.1 Å². The number of benzene rings is 1. The molecule has 0 amide bonds. The van der Waals surface area contributed by atoms with Gasteiger partial charge in [-0.1, -0.05) is 13.8 Å². The largest absolute Gasteiger partial charge is 0.513 e. The first-order chi connectivity index (χ1) is 14.6. The lowest BCUT2D eigenvalue weighted by molar-refractivity contribution is -0.271. The van der Waals surface area contributed by atoms with Gasteiger partial charge in [-0.25, -0.2) is 9.18 Å². The summed E-state index contributed by atoms with van der Waals surface area (Å²) in [5, 5.41) is 10.8. The topological polar surface area (TPSA) is 77.8 Å². The number of hydrogen-bond acceptors (Lipinski definition) is 5. The summed E-state index contributed by atoms with van der Waals surface area (Å²) in [5.74, 6) is -0.949. The quantitative estimate of drug-likeness (QED) is 0.393. The fourth-order valence-electron chi connectivity index (χ4n) is 3.68. The molecule has 0 saturated carbocycles. The van der Waals surface area contributed by atoms with Gasteiger partial charge in [-0.05, 0) is 43.9 Å². The van der Waals surface area contributed by atoms with E-state index in [1.807, 2.05) is 0 Å². The van der Waals surface area contributed by atoms with Gasteiger partial charge in [-0.3, -0.25) is 4.79 Å². The zero-order valence-corrected chi connectivity index (χ0v) is 18.3. The Morgan fingerprint density at radius 3 is 2.19 bits per heavy atom. The van der Waals surface area contributed by atoms with Crippen molar-refractivity contribution in [2.75, 3.05) is 7.11 Å². The average Bonchev–Trinajstić information content (AvgIpc) is 2.65. The maximum absolute atomic E-state index is 14.1. The van der Waals surface area contributed by atoms with Crippen molar-refractivity contribution in [2.24, 2.45) is 0 Å². The summed E-state index contributed by atoms with van der Waals surface area (Å²) in [6.45, 7) is 4.76. The first-order valence-electron chi connectivity index (χ1n) is 9.62. The van der Waals surface area contributed by atoms with Gasteiger partial charge in [-0.2, -0.15) is 13.2 Å². The van der Waals surface area contributed by atoms with Crippen molar-refractivity contribution in [1.29, 1.82) is 0 Å². The molecule has 1 N–H and O–H groups in total. The molecule has 1 atom stereocenters. The third-order valence-electron chi connectivity index (χ3n) is 5.17. The highest BCUT2D eigenvalue weighted by Crippen LogP contribution is 2.44. The monoisotopic (exact) mass is 459 g/mol. The Bertz CT molecular complexity index is 1040. The van der Waals surface area contributed by atoms with E-state index in [4.69, 9.17) is 4.74 Å². The van der Waals surface area contributed by atoms with Gasteiger partial charge < -0.3 is 19.1 Å². The normalized spacial score (nSPS) is 14.1. The Morgan fingerprint density at radius 1 is 1.12 bits per heavy atom. The molecule has 1 aromatic carbocycles. The maximum atomic E-state index is 14.1. The molecule has 1 aromatic heterocycles. The summed E-state index contributed by atoms with van der Waals surface area (Å²) in [4.78, 5) is 23.4.